The van der Waals surface area contributed by atoms with Gasteiger partial charge in [-0.15, -0.1) is 26.3 Å². The number of likely N-dealkylation sites (tertiary alicyclic amines) is 1. The first-order valence-corrected chi connectivity index (χ1v) is 18.4. The van der Waals surface area contributed by atoms with E-state index in [9.17, 15) is 0 Å². The number of aryl methyl sites for hydroxylation is 1. The summed E-state index contributed by atoms with van der Waals surface area (Å²) in [7, 11) is 4.44. The topological polar surface area (TPSA) is 18.5 Å². The molecule has 2 heterocycles. The minimum absolute atomic E-state index is 0.196. The van der Waals surface area contributed by atoms with Crippen molar-refractivity contribution in [3.05, 3.63) is 73.4 Å². The average Bonchev–Trinajstić information content (AvgIpc) is 3.90. The Morgan fingerprint density at radius 2 is 1.69 bits per heavy atom. The lowest BCUT2D eigenvalue weighted by molar-refractivity contribution is 0.239. The van der Waals surface area contributed by atoms with Gasteiger partial charge in [0.2, 0.25) is 0 Å². The third kappa shape index (κ3) is 13.3. The third-order valence-electron chi connectivity index (χ3n) is 9.65. The van der Waals surface area contributed by atoms with Crippen molar-refractivity contribution in [2.45, 2.75) is 125 Å². The molecule has 3 fully saturated rings. The summed E-state index contributed by atoms with van der Waals surface area (Å²) in [5, 5.41) is 0. The second-order valence-electron chi connectivity index (χ2n) is 14.6. The molecular formula is C40H69N3S2. The smallest absolute Gasteiger partial charge is 0.0931 e. The Bertz CT molecular complexity index is 1030. The minimum atomic E-state index is 0.196. The highest BCUT2D eigenvalue weighted by Gasteiger charge is 2.63. The molecule has 4 atom stereocenters. The number of nitrogens with zero attached hydrogens (tertiary/aromatic N) is 2. The van der Waals surface area contributed by atoms with Crippen molar-refractivity contribution < 1.29 is 0 Å². The molecule has 256 valence electrons. The van der Waals surface area contributed by atoms with Crippen LogP contribution in [0, 0.1) is 35.5 Å². The van der Waals surface area contributed by atoms with Crippen molar-refractivity contribution in [2.24, 2.45) is 28.6 Å². The highest BCUT2D eigenvalue weighted by Crippen LogP contribution is 2.62. The third-order valence-corrected chi connectivity index (χ3v) is 10.5. The van der Waals surface area contributed by atoms with Gasteiger partial charge >= 0.3 is 0 Å². The molecule has 5 rings (SSSR count). The number of fused-ring (bicyclic) bond motifs is 1. The van der Waals surface area contributed by atoms with Crippen molar-refractivity contribution in [2.75, 3.05) is 20.6 Å². The zero-order chi connectivity index (χ0) is 34.2. The number of rotatable bonds is 10. The van der Waals surface area contributed by atoms with Gasteiger partial charge in [-0.1, -0.05) is 122 Å². The second kappa shape index (κ2) is 20.8. The molecule has 1 saturated heterocycles. The van der Waals surface area contributed by atoms with Gasteiger partial charge in [-0.05, 0) is 93.0 Å². The summed E-state index contributed by atoms with van der Waals surface area (Å²) in [5.41, 5.74) is 5.11. The Kier molecular flexibility index (Phi) is 19.2. The number of hydrogen-bond donors (Lipinski definition) is 2. The van der Waals surface area contributed by atoms with Crippen LogP contribution in [0.4, 0.5) is 0 Å². The van der Waals surface area contributed by atoms with Gasteiger partial charge in [-0.25, -0.2) is 0 Å². The standard InChI is InChI=1S/C19H32N2S2.C10H13N.C7H14.C2H6.C2H4/c1-3-6-15-11-17(21(2)13-15)19(18(22)20-23)12-16(19)8-5-4-7-14-9-10-14;1-8-4-3-5-9-6-11(2)7-10(8)9;1-5-6-7(2,3)4;2*1-2/h3,14-17,23H,1,4-13H2,2H3,(H,20,22);3-5H,6-7H2,1-2H3;5H,1,6H2,2-4H3;1-2H3;1-2H2. The molecule has 1 aromatic carbocycles. The van der Waals surface area contributed by atoms with Gasteiger partial charge in [-0.3, -0.25) is 4.90 Å². The van der Waals surface area contributed by atoms with E-state index in [1.807, 2.05) is 19.9 Å². The number of allylic oxidation sites excluding steroid dienone is 2. The molecule has 4 aliphatic rings. The SMILES string of the molecule is C=C.C=CCC(C)(C)C.C=CCC1CC(C2(C(=S)NS)CC2CCCCC2CC2)N(C)C1.CC.Cc1cccc2c1CN(C)C2. The lowest BCUT2D eigenvalue weighted by atomic mass is 9.87. The summed E-state index contributed by atoms with van der Waals surface area (Å²) in [5.74, 6) is 2.58. The number of unbranched alkanes of at least 4 members (excludes halogenated alkanes) is 1. The normalized spacial score (nSPS) is 25.0. The zero-order valence-electron chi connectivity index (χ0n) is 30.5. The largest absolute Gasteiger partial charge is 0.326 e. The molecule has 0 radical (unpaired) electrons. The summed E-state index contributed by atoms with van der Waals surface area (Å²) in [6.07, 6.45) is 17.4. The van der Waals surface area contributed by atoms with Crippen molar-refractivity contribution in [3.8, 4) is 0 Å². The highest BCUT2D eigenvalue weighted by molar-refractivity contribution is 7.84. The number of benzene rings is 1. The van der Waals surface area contributed by atoms with Crippen LogP contribution >= 0.6 is 25.0 Å². The monoisotopic (exact) mass is 655 g/mol. The molecule has 2 aliphatic carbocycles. The fourth-order valence-electron chi connectivity index (χ4n) is 7.18. The summed E-state index contributed by atoms with van der Waals surface area (Å²) in [4.78, 5) is 5.89. The Morgan fingerprint density at radius 3 is 2.20 bits per heavy atom. The zero-order valence-corrected chi connectivity index (χ0v) is 32.2. The molecule has 45 heavy (non-hydrogen) atoms. The molecular weight excluding hydrogens is 587 g/mol. The number of hydrogen-bond acceptors (Lipinski definition) is 4. The van der Waals surface area contributed by atoms with E-state index in [4.69, 9.17) is 12.2 Å². The number of thiol groups is 1. The molecule has 1 aromatic rings. The van der Waals surface area contributed by atoms with E-state index < -0.39 is 0 Å². The van der Waals surface area contributed by atoms with Crippen LogP contribution in [0.3, 0.4) is 0 Å². The van der Waals surface area contributed by atoms with Crippen LogP contribution in [0.25, 0.3) is 0 Å². The van der Waals surface area contributed by atoms with Crippen LogP contribution in [0.5, 0.6) is 0 Å². The number of thiocarbonyl (C=S) groups is 1. The Labute approximate surface area is 290 Å². The molecule has 0 bridgehead atoms. The van der Waals surface area contributed by atoms with E-state index in [0.717, 1.165) is 48.7 Å². The van der Waals surface area contributed by atoms with Gasteiger partial charge in [0, 0.05) is 31.1 Å². The molecule has 5 heteroatoms. The molecule has 0 aromatic heterocycles. The first-order chi connectivity index (χ1) is 21.4. The summed E-state index contributed by atoms with van der Waals surface area (Å²) in [6.45, 7) is 29.8. The second-order valence-corrected chi connectivity index (χ2v) is 15.3. The van der Waals surface area contributed by atoms with Crippen molar-refractivity contribution in [1.29, 1.82) is 0 Å². The summed E-state index contributed by atoms with van der Waals surface area (Å²) in [6, 6.07) is 7.16. The average molecular weight is 656 g/mol. The van der Waals surface area contributed by atoms with Crippen LogP contribution in [-0.4, -0.2) is 41.5 Å². The van der Waals surface area contributed by atoms with E-state index in [-0.39, 0.29) is 5.41 Å². The van der Waals surface area contributed by atoms with Crippen LogP contribution in [-0.2, 0) is 13.1 Å². The maximum absolute atomic E-state index is 5.72. The van der Waals surface area contributed by atoms with Gasteiger partial charge in [-0.2, -0.15) is 0 Å². The lowest BCUT2D eigenvalue weighted by Crippen LogP contribution is -2.42. The predicted molar refractivity (Wildman–Crippen MR) is 209 cm³/mol. The van der Waals surface area contributed by atoms with Gasteiger partial charge in [0.05, 0.1) is 4.99 Å². The minimum Gasteiger partial charge on any atom is -0.326 e. The summed E-state index contributed by atoms with van der Waals surface area (Å²) < 4.78 is 3.04. The van der Waals surface area contributed by atoms with Gasteiger partial charge in [0.15, 0.2) is 0 Å². The van der Waals surface area contributed by atoms with Gasteiger partial charge in [0.25, 0.3) is 0 Å². The Hall–Kier alpha value is -1.40. The highest BCUT2D eigenvalue weighted by atomic mass is 32.1. The van der Waals surface area contributed by atoms with Gasteiger partial charge < -0.3 is 9.62 Å². The molecule has 0 spiro atoms. The molecule has 0 amide bonds. The van der Waals surface area contributed by atoms with Crippen molar-refractivity contribution >= 4 is 30.0 Å². The maximum atomic E-state index is 5.72. The first-order valence-electron chi connectivity index (χ1n) is 17.6. The molecule has 4 unspecified atom stereocenters. The quantitative estimate of drug-likeness (QED) is 0.113. The van der Waals surface area contributed by atoms with Crippen LogP contribution in [0.1, 0.15) is 116 Å². The lowest BCUT2D eigenvalue weighted by Gasteiger charge is -2.31. The fourth-order valence-corrected chi connectivity index (χ4v) is 7.78. The Balaban J connectivity index is 0.000000381. The van der Waals surface area contributed by atoms with E-state index in [1.54, 1.807) is 0 Å². The first kappa shape index (κ1) is 41.6. The fraction of sp³-hybridized carbons (Fsp3) is 0.675. The van der Waals surface area contributed by atoms with E-state index >= 15 is 0 Å². The van der Waals surface area contributed by atoms with E-state index in [1.165, 1.54) is 74.6 Å². The van der Waals surface area contributed by atoms with E-state index in [2.05, 4.69) is 120 Å². The molecule has 2 aliphatic heterocycles. The predicted octanol–water partition coefficient (Wildman–Crippen LogP) is 11.0. The van der Waals surface area contributed by atoms with Crippen LogP contribution < -0.4 is 4.72 Å². The Morgan fingerprint density at radius 1 is 1.04 bits per heavy atom. The number of nitrogens with one attached hydrogen (secondary N) is 1. The van der Waals surface area contributed by atoms with E-state index in [0.29, 0.717) is 11.5 Å². The van der Waals surface area contributed by atoms with Crippen LogP contribution in [0.15, 0.2) is 56.7 Å². The molecule has 3 nitrogen and oxygen atoms in total. The molecule has 2 saturated carbocycles. The van der Waals surface area contributed by atoms with Crippen molar-refractivity contribution in [3.63, 3.8) is 0 Å². The van der Waals surface area contributed by atoms with Crippen molar-refractivity contribution in [1.82, 2.24) is 14.5 Å². The van der Waals surface area contributed by atoms with Gasteiger partial charge in [0.1, 0.15) is 0 Å². The maximum Gasteiger partial charge on any atom is 0.0931 e. The molecule has 1 N–H and O–H groups in total. The van der Waals surface area contributed by atoms with Crippen LogP contribution in [0.2, 0.25) is 0 Å². The summed E-state index contributed by atoms with van der Waals surface area (Å²) >= 11 is 10.0.